The van der Waals surface area contributed by atoms with E-state index in [0.717, 1.165) is 18.4 Å². The van der Waals surface area contributed by atoms with Gasteiger partial charge in [-0.2, -0.15) is 0 Å². The number of hydrogen-bond acceptors (Lipinski definition) is 5. The molecule has 1 N–H and O–H groups in total. The van der Waals surface area contributed by atoms with Gasteiger partial charge in [0, 0.05) is 17.0 Å². The van der Waals surface area contributed by atoms with E-state index in [4.69, 9.17) is 4.74 Å². The van der Waals surface area contributed by atoms with Gasteiger partial charge in [-0.15, -0.1) is 0 Å². The molecule has 2 aliphatic rings. The van der Waals surface area contributed by atoms with Crippen LogP contribution in [0.1, 0.15) is 38.3 Å². The average molecular weight is 347 g/mol. The molecule has 134 valence electrons. The number of aryl methyl sites for hydroxylation is 1. The third kappa shape index (κ3) is 2.92. The van der Waals surface area contributed by atoms with E-state index in [9.17, 15) is 19.7 Å². The van der Waals surface area contributed by atoms with E-state index in [2.05, 4.69) is 5.32 Å². The second kappa shape index (κ2) is 5.72. The third-order valence-corrected chi connectivity index (χ3v) is 4.37. The van der Waals surface area contributed by atoms with Crippen LogP contribution in [0.15, 0.2) is 18.2 Å². The second-order valence-electron chi connectivity index (χ2n) is 7.40. The summed E-state index contributed by atoms with van der Waals surface area (Å²) in [5, 5.41) is 13.8. The largest absolute Gasteiger partial charge is 0.444 e. The molecule has 2 amide bonds. The number of nitro groups is 1. The molecule has 1 atom stereocenters. The van der Waals surface area contributed by atoms with Crippen LogP contribution in [-0.4, -0.2) is 35.6 Å². The smallest absolute Gasteiger partial charge is 0.408 e. The van der Waals surface area contributed by atoms with E-state index < -0.39 is 34.6 Å². The number of carbonyl (C=O) groups is 2. The summed E-state index contributed by atoms with van der Waals surface area (Å²) in [5.41, 5.74) is -0.385. The van der Waals surface area contributed by atoms with Gasteiger partial charge in [0.2, 0.25) is 12.1 Å². The zero-order valence-electron chi connectivity index (χ0n) is 14.5. The number of amides is 2. The SMILES string of the molecule is CC(C)(C)OC(=O)N[C@]1(C[N+](=O)[O-])C(=O)N2CCCc3cccc1c32. The summed E-state index contributed by atoms with van der Waals surface area (Å²) in [6, 6.07) is 5.35. The summed E-state index contributed by atoms with van der Waals surface area (Å²) in [7, 11) is 0. The lowest BCUT2D eigenvalue weighted by Crippen LogP contribution is -2.57. The summed E-state index contributed by atoms with van der Waals surface area (Å²) in [6.45, 7) is 4.83. The summed E-state index contributed by atoms with van der Waals surface area (Å²) >= 11 is 0. The molecule has 0 saturated heterocycles. The van der Waals surface area contributed by atoms with Crippen molar-refractivity contribution in [2.75, 3.05) is 18.0 Å². The van der Waals surface area contributed by atoms with Crippen LogP contribution < -0.4 is 10.2 Å². The normalized spacial score (nSPS) is 21.7. The van der Waals surface area contributed by atoms with Crippen molar-refractivity contribution in [1.29, 1.82) is 0 Å². The van der Waals surface area contributed by atoms with Crippen LogP contribution in [0.4, 0.5) is 10.5 Å². The van der Waals surface area contributed by atoms with Gasteiger partial charge in [-0.1, -0.05) is 18.2 Å². The lowest BCUT2D eigenvalue weighted by Gasteiger charge is -2.28. The molecule has 0 spiro atoms. The monoisotopic (exact) mass is 347 g/mol. The highest BCUT2D eigenvalue weighted by Crippen LogP contribution is 2.45. The Morgan fingerprint density at radius 2 is 2.16 bits per heavy atom. The predicted molar refractivity (Wildman–Crippen MR) is 90.0 cm³/mol. The van der Waals surface area contributed by atoms with Crippen LogP contribution in [-0.2, 0) is 21.5 Å². The first-order valence-electron chi connectivity index (χ1n) is 8.21. The van der Waals surface area contributed by atoms with E-state index in [-0.39, 0.29) is 0 Å². The van der Waals surface area contributed by atoms with Gasteiger partial charge >= 0.3 is 6.09 Å². The number of nitrogens with one attached hydrogen (secondary N) is 1. The number of nitrogens with zero attached hydrogens (tertiary/aromatic N) is 2. The first-order valence-corrected chi connectivity index (χ1v) is 8.21. The van der Waals surface area contributed by atoms with E-state index in [1.807, 2.05) is 6.07 Å². The van der Waals surface area contributed by atoms with Crippen LogP contribution >= 0.6 is 0 Å². The fourth-order valence-corrected chi connectivity index (χ4v) is 3.53. The zero-order chi connectivity index (χ0) is 18.4. The molecule has 0 bridgehead atoms. The molecule has 3 rings (SSSR count). The number of carbonyl (C=O) groups excluding carboxylic acids is 2. The molecular formula is C17H21N3O5. The van der Waals surface area contributed by atoms with Crippen LogP contribution in [0.25, 0.3) is 0 Å². The van der Waals surface area contributed by atoms with Gasteiger partial charge in [-0.3, -0.25) is 20.2 Å². The molecule has 1 aromatic carbocycles. The molecule has 2 heterocycles. The molecule has 0 aromatic heterocycles. The van der Waals surface area contributed by atoms with Crippen LogP contribution in [0.3, 0.4) is 0 Å². The highest BCUT2D eigenvalue weighted by Gasteiger charge is 2.57. The Labute approximate surface area is 145 Å². The average Bonchev–Trinajstić information content (AvgIpc) is 2.70. The highest BCUT2D eigenvalue weighted by molar-refractivity contribution is 6.10. The minimum Gasteiger partial charge on any atom is -0.444 e. The zero-order valence-corrected chi connectivity index (χ0v) is 14.5. The van der Waals surface area contributed by atoms with Crippen molar-refractivity contribution >= 4 is 17.7 Å². The van der Waals surface area contributed by atoms with E-state index >= 15 is 0 Å². The maximum absolute atomic E-state index is 13.1. The van der Waals surface area contributed by atoms with Crippen LogP contribution in [0, 0.1) is 10.1 Å². The third-order valence-electron chi connectivity index (χ3n) is 4.37. The molecule has 0 unspecified atom stereocenters. The quantitative estimate of drug-likeness (QED) is 0.665. The van der Waals surface area contributed by atoms with Gasteiger partial charge in [-0.05, 0) is 39.2 Å². The molecule has 0 fully saturated rings. The maximum Gasteiger partial charge on any atom is 0.408 e. The van der Waals surface area contributed by atoms with Crippen molar-refractivity contribution in [2.24, 2.45) is 0 Å². The van der Waals surface area contributed by atoms with Crippen molar-refractivity contribution in [3.63, 3.8) is 0 Å². The molecule has 2 aliphatic heterocycles. The Morgan fingerprint density at radius 1 is 1.44 bits per heavy atom. The molecule has 1 aromatic rings. The van der Waals surface area contributed by atoms with Crippen molar-refractivity contribution < 1.29 is 19.2 Å². The number of hydrogen-bond donors (Lipinski definition) is 1. The molecule has 8 heteroatoms. The van der Waals surface area contributed by atoms with Gasteiger partial charge in [0.1, 0.15) is 5.60 Å². The summed E-state index contributed by atoms with van der Waals surface area (Å²) in [6.07, 6.45) is 0.733. The molecule has 0 radical (unpaired) electrons. The Hall–Kier alpha value is -2.64. The molecule has 0 saturated carbocycles. The number of rotatable bonds is 3. The number of benzene rings is 1. The Balaban J connectivity index is 2.07. The van der Waals surface area contributed by atoms with Crippen molar-refractivity contribution in [2.45, 2.75) is 44.8 Å². The highest BCUT2D eigenvalue weighted by atomic mass is 16.6. The Morgan fingerprint density at radius 3 is 2.80 bits per heavy atom. The number of alkyl carbamates (subject to hydrolysis) is 1. The fourth-order valence-electron chi connectivity index (χ4n) is 3.53. The second-order valence-corrected chi connectivity index (χ2v) is 7.40. The van der Waals surface area contributed by atoms with Gasteiger partial charge in [-0.25, -0.2) is 4.79 Å². The molecule has 25 heavy (non-hydrogen) atoms. The van der Waals surface area contributed by atoms with Gasteiger partial charge in [0.25, 0.3) is 5.91 Å². The van der Waals surface area contributed by atoms with Gasteiger partial charge < -0.3 is 9.64 Å². The number of ether oxygens (including phenoxy) is 1. The first kappa shape index (κ1) is 17.2. The minimum absolute atomic E-state index is 0.470. The summed E-state index contributed by atoms with van der Waals surface area (Å²) in [5.74, 6) is -0.475. The Bertz CT molecular complexity index is 755. The van der Waals surface area contributed by atoms with Crippen LogP contribution in [0.2, 0.25) is 0 Å². The molecule has 8 nitrogen and oxygen atoms in total. The van der Waals surface area contributed by atoms with Crippen LogP contribution in [0.5, 0.6) is 0 Å². The lowest BCUT2D eigenvalue weighted by atomic mass is 9.89. The van der Waals surface area contributed by atoms with Crippen molar-refractivity contribution in [3.05, 3.63) is 39.4 Å². The first-order chi connectivity index (χ1) is 11.6. The summed E-state index contributed by atoms with van der Waals surface area (Å²) in [4.78, 5) is 37.7. The van der Waals surface area contributed by atoms with Crippen molar-refractivity contribution in [1.82, 2.24) is 5.32 Å². The minimum atomic E-state index is -1.73. The fraction of sp³-hybridized carbons (Fsp3) is 0.529. The number of para-hydroxylation sites is 1. The molecular weight excluding hydrogens is 326 g/mol. The van der Waals surface area contributed by atoms with E-state index in [0.29, 0.717) is 17.8 Å². The standard InChI is InChI=1S/C17H21N3O5/c1-16(2,3)25-15(22)18-17(10-20(23)24)12-8-4-6-11-7-5-9-19(13(11)12)14(17)21/h4,6,8H,5,7,9-10H2,1-3H3,(H,18,22)/t17-/m0/s1. The lowest BCUT2D eigenvalue weighted by molar-refractivity contribution is -0.488. The van der Waals surface area contributed by atoms with Crippen molar-refractivity contribution in [3.8, 4) is 0 Å². The van der Waals surface area contributed by atoms with Gasteiger partial charge in [0.15, 0.2) is 0 Å². The Kier molecular flexibility index (Phi) is 3.93. The molecule has 0 aliphatic carbocycles. The van der Waals surface area contributed by atoms with Gasteiger partial charge in [0.05, 0.1) is 5.69 Å². The maximum atomic E-state index is 13.1. The summed E-state index contributed by atoms with van der Waals surface area (Å²) < 4.78 is 5.24. The van der Waals surface area contributed by atoms with E-state index in [1.54, 1.807) is 37.8 Å². The number of anilines is 1. The predicted octanol–water partition coefficient (Wildman–Crippen LogP) is 1.98. The van der Waals surface area contributed by atoms with E-state index in [1.165, 1.54) is 0 Å². The topological polar surface area (TPSA) is 102 Å².